The Morgan fingerprint density at radius 3 is 2.57 bits per heavy atom. The molecule has 3 nitrogen and oxygen atoms in total. The molecule has 1 heterocycles. The van der Waals surface area contributed by atoms with E-state index in [4.69, 9.17) is 4.74 Å². The van der Waals surface area contributed by atoms with Gasteiger partial charge in [-0.25, -0.2) is 4.98 Å². The summed E-state index contributed by atoms with van der Waals surface area (Å²) in [5, 5.41) is 0. The van der Waals surface area contributed by atoms with Crippen LogP contribution in [0.4, 0.5) is 0 Å². The average molecular weight is 278 g/mol. The summed E-state index contributed by atoms with van der Waals surface area (Å²) in [4.78, 5) is 4.53. The number of benzene rings is 2. The third kappa shape index (κ3) is 2.55. The van der Waals surface area contributed by atoms with Gasteiger partial charge in [0.15, 0.2) is 0 Å². The number of hydrogen-bond donors (Lipinski definition) is 0. The molecule has 0 saturated carbocycles. The van der Waals surface area contributed by atoms with Crippen molar-refractivity contribution < 1.29 is 4.74 Å². The van der Waals surface area contributed by atoms with E-state index in [1.54, 1.807) is 7.11 Å². The zero-order chi connectivity index (χ0) is 14.7. The zero-order valence-electron chi connectivity index (χ0n) is 12.3. The maximum absolute atomic E-state index is 5.38. The van der Waals surface area contributed by atoms with Gasteiger partial charge in [0, 0.05) is 24.5 Å². The maximum Gasteiger partial charge on any atom is 0.140 e. The lowest BCUT2D eigenvalue weighted by Gasteiger charge is -2.13. The average Bonchev–Trinajstić information content (AvgIpc) is 3.03. The predicted molar refractivity (Wildman–Crippen MR) is 85.3 cm³/mol. The van der Waals surface area contributed by atoms with Gasteiger partial charge in [0.25, 0.3) is 0 Å². The summed E-state index contributed by atoms with van der Waals surface area (Å²) in [6.45, 7) is 3.01. The number of aryl methyl sites for hydroxylation is 1. The summed E-state index contributed by atoms with van der Waals surface area (Å²) in [6.07, 6.45) is 3.84. The molecule has 2 aromatic carbocycles. The van der Waals surface area contributed by atoms with E-state index >= 15 is 0 Å². The number of aromatic nitrogens is 2. The molecule has 3 aromatic rings. The minimum atomic E-state index is 0.843. The van der Waals surface area contributed by atoms with Crippen LogP contribution < -0.4 is 4.74 Å². The number of rotatable bonds is 4. The second-order valence-electron chi connectivity index (χ2n) is 4.81. The standard InChI is InChI=1S/C18H18N2O/c1-3-20-12-11-19-18(20)17-13-15(21-2)9-10-16(17)14-7-5-4-6-8-14/h4-13H,3H2,1-2H3. The van der Waals surface area contributed by atoms with Crippen LogP contribution in [0.15, 0.2) is 60.9 Å². The first kappa shape index (κ1) is 13.4. The Balaban J connectivity index is 2.22. The fraction of sp³-hybridized carbons (Fsp3) is 0.167. The largest absolute Gasteiger partial charge is 0.497 e. The molecule has 106 valence electrons. The smallest absolute Gasteiger partial charge is 0.140 e. The molecular formula is C18H18N2O. The van der Waals surface area contributed by atoms with E-state index in [9.17, 15) is 0 Å². The van der Waals surface area contributed by atoms with Crippen LogP contribution in [0.1, 0.15) is 6.92 Å². The third-order valence-electron chi connectivity index (χ3n) is 3.61. The van der Waals surface area contributed by atoms with Crippen LogP contribution in [-0.2, 0) is 6.54 Å². The summed E-state index contributed by atoms with van der Waals surface area (Å²) in [7, 11) is 1.69. The van der Waals surface area contributed by atoms with Crippen LogP contribution in [0.25, 0.3) is 22.5 Å². The molecule has 0 amide bonds. The van der Waals surface area contributed by atoms with Gasteiger partial charge in [0.2, 0.25) is 0 Å². The van der Waals surface area contributed by atoms with E-state index < -0.39 is 0 Å². The minimum Gasteiger partial charge on any atom is -0.497 e. The van der Waals surface area contributed by atoms with Crippen molar-refractivity contribution in [3.8, 4) is 28.3 Å². The lowest BCUT2D eigenvalue weighted by atomic mass is 9.99. The van der Waals surface area contributed by atoms with E-state index in [2.05, 4.69) is 52.9 Å². The second-order valence-corrected chi connectivity index (χ2v) is 4.81. The quantitative estimate of drug-likeness (QED) is 0.713. The number of ether oxygens (including phenoxy) is 1. The SMILES string of the molecule is CCn1ccnc1-c1cc(OC)ccc1-c1ccccc1. The molecule has 0 aliphatic heterocycles. The van der Waals surface area contributed by atoms with Gasteiger partial charge in [0.05, 0.1) is 7.11 Å². The van der Waals surface area contributed by atoms with Crippen LogP contribution in [-0.4, -0.2) is 16.7 Å². The first-order chi connectivity index (χ1) is 10.3. The second kappa shape index (κ2) is 5.83. The first-order valence-corrected chi connectivity index (χ1v) is 7.08. The first-order valence-electron chi connectivity index (χ1n) is 7.08. The van der Waals surface area contributed by atoms with Gasteiger partial charge >= 0.3 is 0 Å². The normalized spacial score (nSPS) is 10.6. The van der Waals surface area contributed by atoms with Gasteiger partial charge in [0.1, 0.15) is 11.6 Å². The molecule has 0 fully saturated rings. The molecule has 0 unspecified atom stereocenters. The summed E-state index contributed by atoms with van der Waals surface area (Å²) in [5.41, 5.74) is 3.44. The van der Waals surface area contributed by atoms with Crippen LogP contribution >= 0.6 is 0 Å². The van der Waals surface area contributed by atoms with E-state index in [0.717, 1.165) is 29.2 Å². The van der Waals surface area contributed by atoms with Crippen molar-refractivity contribution >= 4 is 0 Å². The highest BCUT2D eigenvalue weighted by Gasteiger charge is 2.13. The van der Waals surface area contributed by atoms with Gasteiger partial charge < -0.3 is 9.30 Å². The molecule has 0 aliphatic rings. The molecule has 0 spiro atoms. The lowest BCUT2D eigenvalue weighted by Crippen LogP contribution is -1.98. The van der Waals surface area contributed by atoms with Gasteiger partial charge in [-0.2, -0.15) is 0 Å². The Morgan fingerprint density at radius 1 is 1.05 bits per heavy atom. The van der Waals surface area contributed by atoms with Crippen molar-refractivity contribution in [1.29, 1.82) is 0 Å². The summed E-state index contributed by atoms with van der Waals surface area (Å²) < 4.78 is 7.52. The Bertz CT molecular complexity index is 732. The van der Waals surface area contributed by atoms with E-state index in [1.165, 1.54) is 5.56 Å². The highest BCUT2D eigenvalue weighted by atomic mass is 16.5. The van der Waals surface area contributed by atoms with Crippen molar-refractivity contribution in [3.05, 3.63) is 60.9 Å². The summed E-state index contributed by atoms with van der Waals surface area (Å²) in [6, 6.07) is 16.5. The van der Waals surface area contributed by atoms with Crippen molar-refractivity contribution in [2.75, 3.05) is 7.11 Å². The fourth-order valence-electron chi connectivity index (χ4n) is 2.51. The third-order valence-corrected chi connectivity index (χ3v) is 3.61. The highest BCUT2D eigenvalue weighted by molar-refractivity contribution is 5.81. The lowest BCUT2D eigenvalue weighted by molar-refractivity contribution is 0.415. The number of hydrogen-bond acceptors (Lipinski definition) is 2. The summed E-state index contributed by atoms with van der Waals surface area (Å²) >= 11 is 0. The topological polar surface area (TPSA) is 27.1 Å². The Labute approximate surface area is 124 Å². The molecule has 0 N–H and O–H groups in total. The number of nitrogens with zero attached hydrogens (tertiary/aromatic N) is 2. The fourth-order valence-corrected chi connectivity index (χ4v) is 2.51. The molecule has 0 aliphatic carbocycles. The van der Waals surface area contributed by atoms with E-state index in [1.807, 2.05) is 24.5 Å². The van der Waals surface area contributed by atoms with Gasteiger partial charge in [-0.15, -0.1) is 0 Å². The van der Waals surface area contributed by atoms with Crippen LogP contribution in [0.2, 0.25) is 0 Å². The minimum absolute atomic E-state index is 0.843. The predicted octanol–water partition coefficient (Wildman–Crippen LogP) is 4.25. The number of imidazole rings is 1. The molecular weight excluding hydrogens is 260 g/mol. The maximum atomic E-state index is 5.38. The van der Waals surface area contributed by atoms with Crippen molar-refractivity contribution in [2.45, 2.75) is 13.5 Å². The molecule has 0 bridgehead atoms. The molecule has 0 radical (unpaired) electrons. The Hall–Kier alpha value is -2.55. The molecule has 3 heteroatoms. The molecule has 0 atom stereocenters. The highest BCUT2D eigenvalue weighted by Crippen LogP contribution is 2.34. The van der Waals surface area contributed by atoms with Crippen molar-refractivity contribution in [2.24, 2.45) is 0 Å². The Kier molecular flexibility index (Phi) is 3.73. The van der Waals surface area contributed by atoms with Crippen molar-refractivity contribution in [1.82, 2.24) is 9.55 Å². The van der Waals surface area contributed by atoms with Crippen LogP contribution in [0.3, 0.4) is 0 Å². The summed E-state index contributed by atoms with van der Waals surface area (Å²) in [5.74, 6) is 1.81. The monoisotopic (exact) mass is 278 g/mol. The van der Waals surface area contributed by atoms with E-state index in [-0.39, 0.29) is 0 Å². The molecule has 1 aromatic heterocycles. The van der Waals surface area contributed by atoms with Gasteiger partial charge in [-0.3, -0.25) is 0 Å². The molecule has 0 saturated heterocycles. The van der Waals surface area contributed by atoms with E-state index in [0.29, 0.717) is 0 Å². The molecule has 3 rings (SSSR count). The van der Waals surface area contributed by atoms with Crippen molar-refractivity contribution in [3.63, 3.8) is 0 Å². The zero-order valence-corrected chi connectivity index (χ0v) is 12.3. The Morgan fingerprint density at radius 2 is 1.86 bits per heavy atom. The molecule has 21 heavy (non-hydrogen) atoms. The number of methoxy groups -OCH3 is 1. The van der Waals surface area contributed by atoms with Gasteiger partial charge in [-0.1, -0.05) is 30.3 Å². The van der Waals surface area contributed by atoms with Crippen LogP contribution in [0, 0.1) is 0 Å². The van der Waals surface area contributed by atoms with Gasteiger partial charge in [-0.05, 0) is 36.2 Å². The van der Waals surface area contributed by atoms with Crippen LogP contribution in [0.5, 0.6) is 5.75 Å².